The van der Waals surface area contributed by atoms with Gasteiger partial charge in [-0.1, -0.05) is 30.3 Å². The van der Waals surface area contributed by atoms with Gasteiger partial charge in [0, 0.05) is 18.6 Å². The van der Waals surface area contributed by atoms with Gasteiger partial charge in [0.2, 0.25) is 0 Å². The fourth-order valence-corrected chi connectivity index (χ4v) is 2.49. The highest BCUT2D eigenvalue weighted by atomic mass is 16.3. The van der Waals surface area contributed by atoms with E-state index in [1.165, 1.54) is 11.6 Å². The molecule has 3 heteroatoms. The average Bonchev–Trinajstić information content (AvgIpc) is 2.81. The summed E-state index contributed by atoms with van der Waals surface area (Å²) in [5, 5.41) is 19.4. The Hall–Kier alpha value is -2.55. The molecule has 1 heterocycles. The number of benzene rings is 2. The molecule has 0 unspecified atom stereocenters. The third kappa shape index (κ3) is 2.07. The number of allylic oxidation sites excluding steroid dienone is 1. The lowest BCUT2D eigenvalue weighted by atomic mass is 9.93. The standard InChI is InChI=1S/C17H15NO2.H2/c1-11-10-18-17(14-8-7-13(19)9-15(14)20)16(11)12-5-3-2-4-6-12;/h2-9,19-20H,10H2,1H3;1H. The van der Waals surface area contributed by atoms with Gasteiger partial charge in [-0.25, -0.2) is 0 Å². The van der Waals surface area contributed by atoms with Crippen LogP contribution in [0, 0.1) is 0 Å². The molecule has 0 bridgehead atoms. The highest BCUT2D eigenvalue weighted by Crippen LogP contribution is 2.33. The summed E-state index contributed by atoms with van der Waals surface area (Å²) >= 11 is 0. The summed E-state index contributed by atoms with van der Waals surface area (Å²) in [6.45, 7) is 2.69. The summed E-state index contributed by atoms with van der Waals surface area (Å²) in [4.78, 5) is 4.54. The normalized spacial score (nSPS) is 14.6. The Labute approximate surface area is 119 Å². The zero-order chi connectivity index (χ0) is 14.1. The largest absolute Gasteiger partial charge is 0.508 e. The zero-order valence-electron chi connectivity index (χ0n) is 11.2. The van der Waals surface area contributed by atoms with Crippen molar-refractivity contribution in [2.45, 2.75) is 6.92 Å². The minimum atomic E-state index is 0. The van der Waals surface area contributed by atoms with E-state index in [1.807, 2.05) is 30.3 Å². The van der Waals surface area contributed by atoms with Crippen LogP contribution in [0.4, 0.5) is 0 Å². The lowest BCUT2D eigenvalue weighted by Crippen LogP contribution is -2.02. The Morgan fingerprint density at radius 3 is 2.50 bits per heavy atom. The molecule has 0 fully saturated rings. The number of hydrogen-bond acceptors (Lipinski definition) is 3. The minimum Gasteiger partial charge on any atom is -0.508 e. The van der Waals surface area contributed by atoms with E-state index in [9.17, 15) is 10.2 Å². The molecular formula is C17H17NO2. The topological polar surface area (TPSA) is 52.8 Å². The fraction of sp³-hybridized carbons (Fsp3) is 0.118. The molecule has 0 aliphatic carbocycles. The Bertz CT molecular complexity index is 721. The second-order valence-electron chi connectivity index (χ2n) is 4.89. The van der Waals surface area contributed by atoms with E-state index in [2.05, 4.69) is 11.9 Å². The number of phenolic OH excluding ortho intramolecular Hbond substituents is 2. The first kappa shape index (κ1) is 12.5. The third-order valence-corrected chi connectivity index (χ3v) is 3.44. The van der Waals surface area contributed by atoms with Crippen LogP contribution in [0.5, 0.6) is 11.5 Å². The molecule has 1 aliphatic rings. The van der Waals surface area contributed by atoms with Crippen molar-refractivity contribution in [2.75, 3.05) is 6.54 Å². The van der Waals surface area contributed by atoms with E-state index < -0.39 is 0 Å². The van der Waals surface area contributed by atoms with Crippen molar-refractivity contribution < 1.29 is 11.6 Å². The van der Waals surface area contributed by atoms with E-state index in [1.54, 1.807) is 12.1 Å². The summed E-state index contributed by atoms with van der Waals surface area (Å²) in [6.07, 6.45) is 0. The summed E-state index contributed by atoms with van der Waals surface area (Å²) < 4.78 is 0. The first-order valence-corrected chi connectivity index (χ1v) is 6.49. The van der Waals surface area contributed by atoms with Gasteiger partial charge >= 0.3 is 0 Å². The molecule has 2 aromatic carbocycles. The molecule has 102 valence electrons. The molecule has 0 spiro atoms. The molecule has 0 atom stereocenters. The molecule has 3 nitrogen and oxygen atoms in total. The second kappa shape index (κ2) is 4.85. The van der Waals surface area contributed by atoms with Gasteiger partial charge in [0.05, 0.1) is 12.3 Å². The molecule has 0 amide bonds. The highest BCUT2D eigenvalue weighted by molar-refractivity contribution is 6.34. The molecule has 20 heavy (non-hydrogen) atoms. The van der Waals surface area contributed by atoms with Gasteiger partial charge in [-0.05, 0) is 30.2 Å². The van der Waals surface area contributed by atoms with Crippen molar-refractivity contribution in [1.29, 1.82) is 0 Å². The minimum absolute atomic E-state index is 0. The monoisotopic (exact) mass is 267 g/mol. The zero-order valence-corrected chi connectivity index (χ0v) is 11.2. The molecule has 3 rings (SSSR count). The Balaban J connectivity index is 0.00000161. The fourth-order valence-electron chi connectivity index (χ4n) is 2.49. The number of nitrogens with zero attached hydrogens (tertiary/aromatic N) is 1. The maximum Gasteiger partial charge on any atom is 0.128 e. The van der Waals surface area contributed by atoms with Crippen molar-refractivity contribution >= 4 is 11.3 Å². The van der Waals surface area contributed by atoms with E-state index in [-0.39, 0.29) is 12.9 Å². The molecule has 0 aromatic heterocycles. The van der Waals surface area contributed by atoms with Crippen molar-refractivity contribution in [3.05, 3.63) is 65.2 Å². The lowest BCUT2D eigenvalue weighted by molar-refractivity contribution is 0.450. The predicted molar refractivity (Wildman–Crippen MR) is 82.3 cm³/mol. The van der Waals surface area contributed by atoms with E-state index in [4.69, 9.17) is 0 Å². The van der Waals surface area contributed by atoms with Crippen LogP contribution in [-0.2, 0) is 0 Å². The summed E-state index contributed by atoms with van der Waals surface area (Å²) in [6, 6.07) is 14.6. The molecule has 2 aromatic rings. The number of aliphatic imine (C=N–C) groups is 1. The van der Waals surface area contributed by atoms with Crippen LogP contribution >= 0.6 is 0 Å². The Kier molecular flexibility index (Phi) is 3.03. The highest BCUT2D eigenvalue weighted by Gasteiger charge is 2.22. The maximum atomic E-state index is 10.0. The SMILES string of the molecule is CC1=C(c2ccccc2)C(c2ccc(O)cc2O)=NC1.[HH]. The number of rotatable bonds is 2. The molecule has 0 saturated carbocycles. The van der Waals surface area contributed by atoms with Crippen molar-refractivity contribution in [3.63, 3.8) is 0 Å². The van der Waals surface area contributed by atoms with Crippen LogP contribution in [0.1, 0.15) is 19.5 Å². The Morgan fingerprint density at radius 2 is 1.80 bits per heavy atom. The number of phenols is 2. The van der Waals surface area contributed by atoms with Crippen LogP contribution < -0.4 is 0 Å². The third-order valence-electron chi connectivity index (χ3n) is 3.44. The predicted octanol–water partition coefficient (Wildman–Crippen LogP) is 3.62. The van der Waals surface area contributed by atoms with Gasteiger partial charge in [0.25, 0.3) is 0 Å². The van der Waals surface area contributed by atoms with Gasteiger partial charge < -0.3 is 10.2 Å². The van der Waals surface area contributed by atoms with Crippen LogP contribution in [0.25, 0.3) is 5.57 Å². The van der Waals surface area contributed by atoms with E-state index >= 15 is 0 Å². The van der Waals surface area contributed by atoms with Crippen molar-refractivity contribution in [2.24, 2.45) is 4.99 Å². The first-order valence-electron chi connectivity index (χ1n) is 6.49. The van der Waals surface area contributed by atoms with Gasteiger partial charge in [-0.2, -0.15) is 0 Å². The molecule has 0 radical (unpaired) electrons. The first-order chi connectivity index (χ1) is 9.66. The smallest absolute Gasteiger partial charge is 0.128 e. The summed E-state index contributed by atoms with van der Waals surface area (Å²) in [5.41, 5.74) is 4.77. The molecular weight excluding hydrogens is 250 g/mol. The van der Waals surface area contributed by atoms with E-state index in [0.717, 1.165) is 16.8 Å². The van der Waals surface area contributed by atoms with E-state index in [0.29, 0.717) is 12.1 Å². The van der Waals surface area contributed by atoms with Crippen LogP contribution in [0.3, 0.4) is 0 Å². The van der Waals surface area contributed by atoms with Crippen molar-refractivity contribution in [1.82, 2.24) is 0 Å². The van der Waals surface area contributed by atoms with Gasteiger partial charge in [0.15, 0.2) is 0 Å². The van der Waals surface area contributed by atoms with Crippen LogP contribution in [0.2, 0.25) is 0 Å². The molecule has 0 saturated heterocycles. The summed E-state index contributed by atoms with van der Waals surface area (Å²) in [7, 11) is 0. The Morgan fingerprint density at radius 1 is 1.05 bits per heavy atom. The molecule has 1 aliphatic heterocycles. The number of hydrogen-bond donors (Lipinski definition) is 2. The average molecular weight is 267 g/mol. The maximum absolute atomic E-state index is 10.0. The quantitative estimate of drug-likeness (QED) is 0.873. The summed E-state index contributed by atoms with van der Waals surface area (Å²) in [5.74, 6) is 0.0960. The molecule has 2 N–H and O–H groups in total. The van der Waals surface area contributed by atoms with Gasteiger partial charge in [-0.3, -0.25) is 4.99 Å². The second-order valence-corrected chi connectivity index (χ2v) is 4.89. The van der Waals surface area contributed by atoms with Crippen LogP contribution in [0.15, 0.2) is 59.1 Å². The van der Waals surface area contributed by atoms with Crippen LogP contribution in [-0.4, -0.2) is 22.5 Å². The lowest BCUT2D eigenvalue weighted by Gasteiger charge is -2.11. The van der Waals surface area contributed by atoms with Crippen molar-refractivity contribution in [3.8, 4) is 11.5 Å². The van der Waals surface area contributed by atoms with Gasteiger partial charge in [-0.15, -0.1) is 0 Å². The van der Waals surface area contributed by atoms with Gasteiger partial charge in [0.1, 0.15) is 11.5 Å². The number of aromatic hydroxyl groups is 2.